The third kappa shape index (κ3) is 3.17. The number of nitrogens with one attached hydrogen (secondary N) is 1. The summed E-state index contributed by atoms with van der Waals surface area (Å²) in [6.07, 6.45) is 1.38. The number of amides is 1. The first kappa shape index (κ1) is 18.0. The van der Waals surface area contributed by atoms with Gasteiger partial charge in [-0.1, -0.05) is 25.2 Å². The van der Waals surface area contributed by atoms with E-state index in [2.05, 4.69) is 25.1 Å². The molecule has 0 radical (unpaired) electrons. The first-order valence-corrected chi connectivity index (χ1v) is 8.83. The lowest BCUT2D eigenvalue weighted by molar-refractivity contribution is 0.0606. The zero-order chi connectivity index (χ0) is 19.0. The Morgan fingerprint density at radius 2 is 2.08 bits per heavy atom. The van der Waals surface area contributed by atoms with Crippen molar-refractivity contribution in [3.63, 3.8) is 0 Å². The van der Waals surface area contributed by atoms with Crippen molar-refractivity contribution < 1.29 is 14.3 Å². The number of carbonyl (C=O) groups is 2. The molecule has 0 unspecified atom stereocenters. The number of esters is 1. The Balaban J connectivity index is 2.02. The van der Waals surface area contributed by atoms with Gasteiger partial charge in [0.15, 0.2) is 10.8 Å². The Morgan fingerprint density at radius 3 is 2.73 bits per heavy atom. The smallest absolute Gasteiger partial charge is 0.349 e. The number of fused-ring (bicyclic) bond motifs is 1. The highest BCUT2D eigenvalue weighted by Gasteiger charge is 2.21. The van der Waals surface area contributed by atoms with Crippen molar-refractivity contribution in [3.05, 3.63) is 34.1 Å². The second-order valence-corrected chi connectivity index (χ2v) is 7.16. The zero-order valence-corrected chi connectivity index (χ0v) is 16.0. The predicted octanol–water partition coefficient (Wildman–Crippen LogP) is 2.90. The monoisotopic (exact) mass is 373 g/mol. The molecule has 1 amide bonds. The van der Waals surface area contributed by atoms with Gasteiger partial charge >= 0.3 is 5.97 Å². The van der Waals surface area contributed by atoms with Crippen LogP contribution in [-0.2, 0) is 11.8 Å². The molecule has 0 aliphatic carbocycles. The number of pyridine rings is 1. The highest BCUT2D eigenvalue weighted by Crippen LogP contribution is 2.26. The molecule has 9 heteroatoms. The van der Waals surface area contributed by atoms with E-state index >= 15 is 0 Å². The van der Waals surface area contributed by atoms with Crippen LogP contribution in [0.1, 0.15) is 51.2 Å². The Kier molecular flexibility index (Phi) is 4.73. The number of methoxy groups -OCH3 is 1. The third-order valence-electron chi connectivity index (χ3n) is 3.94. The minimum atomic E-state index is -0.487. The van der Waals surface area contributed by atoms with Crippen LogP contribution in [0.25, 0.3) is 11.0 Å². The van der Waals surface area contributed by atoms with Crippen LogP contribution in [0.3, 0.4) is 0 Å². The molecule has 0 spiro atoms. The topological polar surface area (TPSA) is 99.0 Å². The van der Waals surface area contributed by atoms with Gasteiger partial charge in [-0.15, -0.1) is 0 Å². The van der Waals surface area contributed by atoms with Crippen molar-refractivity contribution in [1.29, 1.82) is 0 Å². The lowest BCUT2D eigenvalue weighted by atomic mass is 10.0. The summed E-state index contributed by atoms with van der Waals surface area (Å²) in [5, 5.41) is 8.16. The first-order valence-electron chi connectivity index (χ1n) is 8.01. The highest BCUT2D eigenvalue weighted by atomic mass is 32.1. The molecule has 3 aromatic rings. The minimum Gasteiger partial charge on any atom is -0.465 e. The highest BCUT2D eigenvalue weighted by molar-refractivity contribution is 7.17. The standard InChI is InChI=1S/C17H19N5O3S/c1-8(2)11-6-10(13-9(3)21-22(4)14(13)19-11)15(23)20-17-18-7-12(26-17)16(24)25-5/h6-8H,1-5H3,(H,18,20,23). The van der Waals surface area contributed by atoms with Crippen LogP contribution in [0.4, 0.5) is 5.13 Å². The van der Waals surface area contributed by atoms with Crippen LogP contribution in [-0.4, -0.2) is 38.7 Å². The summed E-state index contributed by atoms with van der Waals surface area (Å²) in [5.74, 6) is -0.646. The Labute approximate surface area is 154 Å². The van der Waals surface area contributed by atoms with E-state index in [1.807, 2.05) is 20.8 Å². The summed E-state index contributed by atoms with van der Waals surface area (Å²) >= 11 is 1.06. The minimum absolute atomic E-state index is 0.159. The van der Waals surface area contributed by atoms with Gasteiger partial charge in [-0.2, -0.15) is 5.10 Å². The molecule has 0 aliphatic heterocycles. The number of anilines is 1. The van der Waals surface area contributed by atoms with Gasteiger partial charge in [0.25, 0.3) is 5.91 Å². The number of nitrogens with zero attached hydrogens (tertiary/aromatic N) is 4. The average molecular weight is 373 g/mol. The Bertz CT molecular complexity index is 1010. The fourth-order valence-corrected chi connectivity index (χ4v) is 3.36. The van der Waals surface area contributed by atoms with Crippen LogP contribution < -0.4 is 5.32 Å². The number of hydrogen-bond donors (Lipinski definition) is 1. The van der Waals surface area contributed by atoms with Gasteiger partial charge in [-0.05, 0) is 18.9 Å². The number of aromatic nitrogens is 4. The molecule has 0 atom stereocenters. The van der Waals surface area contributed by atoms with Crippen molar-refractivity contribution >= 4 is 39.4 Å². The zero-order valence-electron chi connectivity index (χ0n) is 15.2. The molecule has 0 saturated carbocycles. The molecule has 3 aromatic heterocycles. The van der Waals surface area contributed by atoms with E-state index in [1.165, 1.54) is 13.3 Å². The molecule has 136 valence electrons. The van der Waals surface area contributed by atoms with E-state index in [4.69, 9.17) is 0 Å². The summed E-state index contributed by atoms with van der Waals surface area (Å²) in [5.41, 5.74) is 2.68. The second-order valence-electron chi connectivity index (χ2n) is 6.13. The van der Waals surface area contributed by atoms with Gasteiger partial charge in [0.2, 0.25) is 0 Å². The van der Waals surface area contributed by atoms with E-state index in [-0.39, 0.29) is 11.8 Å². The number of ether oxygens (including phenoxy) is 1. The molecule has 0 saturated heterocycles. The van der Waals surface area contributed by atoms with Crippen LogP contribution in [0.15, 0.2) is 12.3 Å². The van der Waals surface area contributed by atoms with Crippen molar-refractivity contribution in [1.82, 2.24) is 19.7 Å². The molecule has 0 aliphatic rings. The second kappa shape index (κ2) is 6.83. The fourth-order valence-electron chi connectivity index (χ4n) is 2.63. The van der Waals surface area contributed by atoms with Gasteiger partial charge in [0.1, 0.15) is 4.88 Å². The van der Waals surface area contributed by atoms with E-state index in [0.717, 1.165) is 22.7 Å². The number of carbonyl (C=O) groups excluding carboxylic acids is 2. The maximum absolute atomic E-state index is 12.9. The lowest BCUT2D eigenvalue weighted by Crippen LogP contribution is -2.14. The number of aryl methyl sites for hydroxylation is 2. The van der Waals surface area contributed by atoms with E-state index < -0.39 is 5.97 Å². The van der Waals surface area contributed by atoms with Crippen LogP contribution in [0.2, 0.25) is 0 Å². The first-order chi connectivity index (χ1) is 12.3. The maximum Gasteiger partial charge on any atom is 0.349 e. The van der Waals surface area contributed by atoms with Crippen molar-refractivity contribution in [2.45, 2.75) is 26.7 Å². The molecule has 0 bridgehead atoms. The average Bonchev–Trinajstić information content (AvgIpc) is 3.18. The van der Waals surface area contributed by atoms with Gasteiger partial charge in [0, 0.05) is 12.7 Å². The largest absolute Gasteiger partial charge is 0.465 e. The quantitative estimate of drug-likeness (QED) is 0.706. The SMILES string of the molecule is COC(=O)c1cnc(NC(=O)c2cc(C(C)C)nc3c2c(C)nn3C)s1. The molecule has 3 rings (SSSR count). The van der Waals surface area contributed by atoms with E-state index in [1.54, 1.807) is 17.8 Å². The molecule has 3 heterocycles. The van der Waals surface area contributed by atoms with Crippen LogP contribution in [0.5, 0.6) is 0 Å². The maximum atomic E-state index is 12.9. The van der Waals surface area contributed by atoms with Crippen molar-refractivity contribution in [3.8, 4) is 0 Å². The van der Waals surface area contributed by atoms with Crippen LogP contribution in [0, 0.1) is 6.92 Å². The Hall–Kier alpha value is -2.81. The summed E-state index contributed by atoms with van der Waals surface area (Å²) in [6.45, 7) is 5.87. The third-order valence-corrected chi connectivity index (χ3v) is 4.83. The molecular weight excluding hydrogens is 354 g/mol. The molecule has 0 fully saturated rings. The normalized spacial score (nSPS) is 11.2. The lowest BCUT2D eigenvalue weighted by Gasteiger charge is -2.09. The van der Waals surface area contributed by atoms with Crippen molar-refractivity contribution in [2.24, 2.45) is 7.05 Å². The van der Waals surface area contributed by atoms with Gasteiger partial charge in [-0.3, -0.25) is 14.8 Å². The van der Waals surface area contributed by atoms with E-state index in [9.17, 15) is 9.59 Å². The molecule has 8 nitrogen and oxygen atoms in total. The summed E-state index contributed by atoms with van der Waals surface area (Å²) in [4.78, 5) is 33.4. The molecule has 0 aromatic carbocycles. The summed E-state index contributed by atoms with van der Waals surface area (Å²) in [7, 11) is 3.10. The van der Waals surface area contributed by atoms with Crippen LogP contribution >= 0.6 is 11.3 Å². The van der Waals surface area contributed by atoms with Crippen molar-refractivity contribution in [2.75, 3.05) is 12.4 Å². The van der Waals surface area contributed by atoms with E-state index in [0.29, 0.717) is 26.6 Å². The summed E-state index contributed by atoms with van der Waals surface area (Å²) in [6, 6.07) is 1.78. The number of thiazole rings is 1. The van der Waals surface area contributed by atoms with Gasteiger partial charge in [-0.25, -0.2) is 14.8 Å². The molecule has 1 N–H and O–H groups in total. The predicted molar refractivity (Wildman–Crippen MR) is 98.7 cm³/mol. The van der Waals surface area contributed by atoms with Gasteiger partial charge in [0.05, 0.1) is 30.0 Å². The molecule has 26 heavy (non-hydrogen) atoms. The fraction of sp³-hybridized carbons (Fsp3) is 0.353. The summed E-state index contributed by atoms with van der Waals surface area (Å²) < 4.78 is 6.33. The molecular formula is C17H19N5O3S. The Morgan fingerprint density at radius 1 is 1.35 bits per heavy atom. The number of hydrogen-bond acceptors (Lipinski definition) is 7. The van der Waals surface area contributed by atoms with Gasteiger partial charge < -0.3 is 4.74 Å². The number of rotatable bonds is 4.